The van der Waals surface area contributed by atoms with Gasteiger partial charge in [0.05, 0.1) is 0 Å². The lowest BCUT2D eigenvalue weighted by atomic mass is 10.0. The monoisotopic (exact) mass is 259 g/mol. The molecule has 0 aliphatic carbocycles. The Morgan fingerprint density at radius 1 is 1.50 bits per heavy atom. The standard InChI is InChI=1S/C11H15BrFN/c1-2-3-7-10(14)11-8(12)5-4-6-9(11)13/h4-6,10H,2-3,7,14H2,1H3/t10-/m1/s1. The molecular weight excluding hydrogens is 245 g/mol. The molecule has 0 unspecified atom stereocenters. The summed E-state index contributed by atoms with van der Waals surface area (Å²) in [5.41, 5.74) is 6.51. The highest BCUT2D eigenvalue weighted by molar-refractivity contribution is 9.10. The second-order valence-corrected chi connectivity index (χ2v) is 4.24. The van der Waals surface area contributed by atoms with E-state index in [1.165, 1.54) is 6.07 Å². The first kappa shape index (κ1) is 11.7. The number of halogens is 2. The van der Waals surface area contributed by atoms with Crippen molar-refractivity contribution in [2.75, 3.05) is 0 Å². The minimum absolute atomic E-state index is 0.203. The van der Waals surface area contributed by atoms with Crippen LogP contribution in [0, 0.1) is 5.82 Å². The maximum Gasteiger partial charge on any atom is 0.129 e. The van der Waals surface area contributed by atoms with E-state index in [0.29, 0.717) is 5.56 Å². The molecule has 0 amide bonds. The lowest BCUT2D eigenvalue weighted by Gasteiger charge is -2.14. The molecule has 1 rings (SSSR count). The van der Waals surface area contributed by atoms with Crippen LogP contribution in [-0.2, 0) is 0 Å². The topological polar surface area (TPSA) is 26.0 Å². The first-order valence-corrected chi connectivity index (χ1v) is 5.65. The number of hydrogen-bond donors (Lipinski definition) is 1. The van der Waals surface area contributed by atoms with E-state index in [2.05, 4.69) is 22.9 Å². The molecule has 0 aromatic heterocycles. The van der Waals surface area contributed by atoms with Crippen molar-refractivity contribution >= 4 is 15.9 Å². The molecule has 0 heterocycles. The van der Waals surface area contributed by atoms with E-state index in [0.717, 1.165) is 23.7 Å². The Bertz CT molecular complexity index is 281. The molecule has 0 spiro atoms. The van der Waals surface area contributed by atoms with E-state index >= 15 is 0 Å². The van der Waals surface area contributed by atoms with Gasteiger partial charge in [-0.15, -0.1) is 0 Å². The van der Waals surface area contributed by atoms with E-state index in [9.17, 15) is 4.39 Å². The van der Waals surface area contributed by atoms with Crippen molar-refractivity contribution in [1.82, 2.24) is 0 Å². The summed E-state index contributed by atoms with van der Waals surface area (Å²) in [6.45, 7) is 2.10. The molecule has 0 radical (unpaired) electrons. The summed E-state index contributed by atoms with van der Waals surface area (Å²) in [5, 5.41) is 0. The van der Waals surface area contributed by atoms with E-state index in [1.54, 1.807) is 6.07 Å². The van der Waals surface area contributed by atoms with Gasteiger partial charge in [0.2, 0.25) is 0 Å². The van der Waals surface area contributed by atoms with E-state index in [1.807, 2.05) is 6.07 Å². The maximum absolute atomic E-state index is 13.4. The van der Waals surface area contributed by atoms with Gasteiger partial charge in [-0.1, -0.05) is 41.8 Å². The molecule has 78 valence electrons. The van der Waals surface area contributed by atoms with Crippen LogP contribution in [0.1, 0.15) is 37.8 Å². The molecule has 0 bridgehead atoms. The summed E-state index contributed by atoms with van der Waals surface area (Å²) in [5.74, 6) is -0.219. The Labute approximate surface area is 92.6 Å². The number of nitrogens with two attached hydrogens (primary N) is 1. The maximum atomic E-state index is 13.4. The summed E-state index contributed by atoms with van der Waals surface area (Å²) in [4.78, 5) is 0. The van der Waals surface area contributed by atoms with Gasteiger partial charge in [-0.25, -0.2) is 4.39 Å². The van der Waals surface area contributed by atoms with E-state index in [-0.39, 0.29) is 11.9 Å². The minimum Gasteiger partial charge on any atom is -0.324 e. The highest BCUT2D eigenvalue weighted by Crippen LogP contribution is 2.27. The minimum atomic E-state index is -0.219. The molecule has 0 fully saturated rings. The van der Waals surface area contributed by atoms with Gasteiger partial charge in [-0.3, -0.25) is 0 Å². The molecule has 0 aliphatic rings. The van der Waals surface area contributed by atoms with Crippen molar-refractivity contribution in [2.24, 2.45) is 5.73 Å². The molecular formula is C11H15BrFN. The summed E-state index contributed by atoms with van der Waals surface area (Å²) in [6, 6.07) is 4.75. The third kappa shape index (κ3) is 2.79. The normalized spacial score (nSPS) is 12.9. The van der Waals surface area contributed by atoms with Crippen LogP contribution in [0.5, 0.6) is 0 Å². The van der Waals surface area contributed by atoms with Crippen LogP contribution in [0.4, 0.5) is 4.39 Å². The van der Waals surface area contributed by atoms with Gasteiger partial charge in [0.15, 0.2) is 0 Å². The Kier molecular flexibility index (Phi) is 4.55. The van der Waals surface area contributed by atoms with Crippen LogP contribution in [-0.4, -0.2) is 0 Å². The average molecular weight is 260 g/mol. The van der Waals surface area contributed by atoms with Crippen molar-refractivity contribution in [3.05, 3.63) is 34.1 Å². The number of hydrogen-bond acceptors (Lipinski definition) is 1. The predicted octanol–water partition coefficient (Wildman–Crippen LogP) is 3.78. The second kappa shape index (κ2) is 5.47. The van der Waals surface area contributed by atoms with Crippen molar-refractivity contribution in [3.8, 4) is 0 Å². The fourth-order valence-electron chi connectivity index (χ4n) is 1.43. The third-order valence-electron chi connectivity index (χ3n) is 2.24. The van der Waals surface area contributed by atoms with Gasteiger partial charge < -0.3 is 5.73 Å². The molecule has 14 heavy (non-hydrogen) atoms. The van der Waals surface area contributed by atoms with Gasteiger partial charge in [-0.2, -0.15) is 0 Å². The van der Waals surface area contributed by atoms with Crippen LogP contribution in [0.2, 0.25) is 0 Å². The third-order valence-corrected chi connectivity index (χ3v) is 2.93. The molecule has 1 nitrogen and oxygen atoms in total. The lowest BCUT2D eigenvalue weighted by Crippen LogP contribution is -2.12. The molecule has 2 N–H and O–H groups in total. The predicted molar refractivity (Wildman–Crippen MR) is 60.6 cm³/mol. The molecule has 1 aromatic rings. The largest absolute Gasteiger partial charge is 0.324 e. The summed E-state index contributed by atoms with van der Waals surface area (Å²) in [7, 11) is 0. The zero-order chi connectivity index (χ0) is 10.6. The van der Waals surface area contributed by atoms with Crippen molar-refractivity contribution in [3.63, 3.8) is 0 Å². The number of rotatable bonds is 4. The zero-order valence-electron chi connectivity index (χ0n) is 8.26. The molecule has 1 atom stereocenters. The smallest absolute Gasteiger partial charge is 0.129 e. The average Bonchev–Trinajstić information content (AvgIpc) is 2.14. The van der Waals surface area contributed by atoms with Crippen LogP contribution < -0.4 is 5.73 Å². The Morgan fingerprint density at radius 2 is 2.21 bits per heavy atom. The second-order valence-electron chi connectivity index (χ2n) is 3.38. The molecule has 0 saturated heterocycles. The molecule has 1 aromatic carbocycles. The summed E-state index contributed by atoms with van der Waals surface area (Å²) < 4.78 is 14.2. The Morgan fingerprint density at radius 3 is 2.79 bits per heavy atom. The highest BCUT2D eigenvalue weighted by atomic mass is 79.9. The van der Waals surface area contributed by atoms with Gasteiger partial charge in [0.1, 0.15) is 5.82 Å². The summed E-state index contributed by atoms with van der Waals surface area (Å²) in [6.07, 6.45) is 2.94. The number of unbranched alkanes of at least 4 members (excludes halogenated alkanes) is 1. The zero-order valence-corrected chi connectivity index (χ0v) is 9.85. The first-order chi connectivity index (χ1) is 6.66. The quantitative estimate of drug-likeness (QED) is 0.875. The van der Waals surface area contributed by atoms with Gasteiger partial charge in [-0.05, 0) is 18.6 Å². The first-order valence-electron chi connectivity index (χ1n) is 4.86. The summed E-state index contributed by atoms with van der Waals surface area (Å²) >= 11 is 3.32. The van der Waals surface area contributed by atoms with Crippen LogP contribution in [0.15, 0.2) is 22.7 Å². The lowest BCUT2D eigenvalue weighted by molar-refractivity contribution is 0.545. The van der Waals surface area contributed by atoms with Gasteiger partial charge in [0.25, 0.3) is 0 Å². The van der Waals surface area contributed by atoms with Crippen LogP contribution in [0.3, 0.4) is 0 Å². The van der Waals surface area contributed by atoms with Crippen LogP contribution in [0.25, 0.3) is 0 Å². The van der Waals surface area contributed by atoms with E-state index in [4.69, 9.17) is 5.73 Å². The van der Waals surface area contributed by atoms with Crippen molar-refractivity contribution in [2.45, 2.75) is 32.2 Å². The van der Waals surface area contributed by atoms with Gasteiger partial charge in [0, 0.05) is 16.1 Å². The Balaban J connectivity index is 2.82. The fraction of sp³-hybridized carbons (Fsp3) is 0.455. The van der Waals surface area contributed by atoms with Crippen molar-refractivity contribution < 1.29 is 4.39 Å². The Hall–Kier alpha value is -0.410. The molecule has 0 saturated carbocycles. The van der Waals surface area contributed by atoms with Gasteiger partial charge >= 0.3 is 0 Å². The number of benzene rings is 1. The molecule has 0 aliphatic heterocycles. The molecule has 3 heteroatoms. The fourth-order valence-corrected chi connectivity index (χ4v) is 2.07. The van der Waals surface area contributed by atoms with Crippen molar-refractivity contribution in [1.29, 1.82) is 0 Å². The highest BCUT2D eigenvalue weighted by Gasteiger charge is 2.13. The SMILES string of the molecule is CCCC[C@@H](N)c1c(F)cccc1Br. The van der Waals surface area contributed by atoms with Crippen LogP contribution >= 0.6 is 15.9 Å². The van der Waals surface area contributed by atoms with E-state index < -0.39 is 0 Å².